The maximum Gasteiger partial charge on any atom is 0.326 e. The summed E-state index contributed by atoms with van der Waals surface area (Å²) in [7, 11) is 1.50. The minimum atomic E-state index is -1.04. The van der Waals surface area contributed by atoms with Crippen molar-refractivity contribution in [2.45, 2.75) is 45.3 Å². The molecule has 0 spiro atoms. The quantitative estimate of drug-likeness (QED) is 0.805. The molecule has 0 aliphatic carbocycles. The lowest BCUT2D eigenvalue weighted by molar-refractivity contribution is -0.148. The van der Waals surface area contributed by atoms with Gasteiger partial charge in [0.25, 0.3) is 0 Å². The Morgan fingerprint density at radius 1 is 1.25 bits per heavy atom. The van der Waals surface area contributed by atoms with Crippen LogP contribution in [-0.4, -0.2) is 53.5 Å². The molecule has 1 saturated heterocycles. The number of benzene rings is 1. The van der Waals surface area contributed by atoms with Crippen LogP contribution in [0.5, 0.6) is 0 Å². The third-order valence-electron chi connectivity index (χ3n) is 4.46. The number of nitrogens with zero attached hydrogens (tertiary/aromatic N) is 1. The van der Waals surface area contributed by atoms with Crippen molar-refractivity contribution in [3.05, 3.63) is 34.9 Å². The molecule has 1 amide bonds. The minimum Gasteiger partial charge on any atom is -0.480 e. The Kier molecular flexibility index (Phi) is 5.72. The highest BCUT2D eigenvalue weighted by Gasteiger charge is 2.39. The topological polar surface area (TPSA) is 83.9 Å². The molecule has 2 atom stereocenters. The highest BCUT2D eigenvalue weighted by Crippen LogP contribution is 2.22. The van der Waals surface area contributed by atoms with Crippen molar-refractivity contribution >= 4 is 17.7 Å². The fraction of sp³-hybridized carbons (Fsp3) is 0.500. The smallest absolute Gasteiger partial charge is 0.326 e. The van der Waals surface area contributed by atoms with E-state index < -0.39 is 12.0 Å². The zero-order valence-corrected chi connectivity index (χ0v) is 14.2. The van der Waals surface area contributed by atoms with E-state index in [0.717, 1.165) is 11.1 Å². The van der Waals surface area contributed by atoms with Gasteiger partial charge in [0.2, 0.25) is 5.91 Å². The summed E-state index contributed by atoms with van der Waals surface area (Å²) in [5.41, 5.74) is 2.49. The Labute approximate surface area is 141 Å². The van der Waals surface area contributed by atoms with Crippen molar-refractivity contribution in [3.8, 4) is 0 Å². The first-order chi connectivity index (χ1) is 11.3. The van der Waals surface area contributed by atoms with Crippen LogP contribution in [0.4, 0.5) is 0 Å². The van der Waals surface area contributed by atoms with Crippen LogP contribution in [0.1, 0.15) is 40.7 Å². The first-order valence-electron chi connectivity index (χ1n) is 7.99. The van der Waals surface area contributed by atoms with E-state index in [9.17, 15) is 19.5 Å². The molecule has 1 aliphatic rings. The minimum absolute atomic E-state index is 0.00638. The van der Waals surface area contributed by atoms with Gasteiger partial charge in [-0.2, -0.15) is 0 Å². The number of ether oxygens (including phenoxy) is 1. The van der Waals surface area contributed by atoms with Crippen molar-refractivity contribution < 1.29 is 24.2 Å². The summed E-state index contributed by atoms with van der Waals surface area (Å²) in [6, 6.07) is 4.76. The van der Waals surface area contributed by atoms with Gasteiger partial charge in [-0.25, -0.2) is 4.79 Å². The van der Waals surface area contributed by atoms with E-state index in [-0.39, 0.29) is 43.6 Å². The fourth-order valence-corrected chi connectivity index (χ4v) is 3.01. The summed E-state index contributed by atoms with van der Waals surface area (Å²) in [4.78, 5) is 37.3. The zero-order valence-electron chi connectivity index (χ0n) is 14.2. The zero-order chi connectivity index (χ0) is 17.9. The molecule has 1 aromatic rings. The van der Waals surface area contributed by atoms with Crippen molar-refractivity contribution in [2.75, 3.05) is 13.7 Å². The van der Waals surface area contributed by atoms with Crippen LogP contribution in [0.25, 0.3) is 0 Å². The normalized spacial score (nSPS) is 20.2. The Balaban J connectivity index is 2.00. The van der Waals surface area contributed by atoms with Gasteiger partial charge in [0.15, 0.2) is 5.78 Å². The Morgan fingerprint density at radius 2 is 1.96 bits per heavy atom. The number of likely N-dealkylation sites (tertiary alicyclic amines) is 1. The number of amides is 1. The number of carboxylic acids is 1. The van der Waals surface area contributed by atoms with Gasteiger partial charge in [0, 0.05) is 38.5 Å². The molecule has 130 valence electrons. The monoisotopic (exact) mass is 333 g/mol. The van der Waals surface area contributed by atoms with Crippen LogP contribution < -0.4 is 0 Å². The number of hydrogen-bond donors (Lipinski definition) is 1. The predicted octanol–water partition coefficient (Wildman–Crippen LogP) is 1.97. The Bertz CT molecular complexity index is 655. The lowest BCUT2D eigenvalue weighted by atomic mass is 9.99. The molecule has 0 radical (unpaired) electrons. The Morgan fingerprint density at radius 3 is 2.58 bits per heavy atom. The third kappa shape index (κ3) is 4.00. The number of carbonyl (C=O) groups excluding carboxylic acids is 2. The van der Waals surface area contributed by atoms with Crippen molar-refractivity contribution in [2.24, 2.45) is 0 Å². The summed E-state index contributed by atoms with van der Waals surface area (Å²) in [6.45, 7) is 4.02. The van der Waals surface area contributed by atoms with Gasteiger partial charge in [-0.3, -0.25) is 9.59 Å². The van der Waals surface area contributed by atoms with Gasteiger partial charge in [0.1, 0.15) is 6.04 Å². The molecule has 2 rings (SSSR count). The molecule has 24 heavy (non-hydrogen) atoms. The molecule has 1 aromatic carbocycles. The van der Waals surface area contributed by atoms with Crippen LogP contribution >= 0.6 is 0 Å². The molecular weight excluding hydrogens is 310 g/mol. The first kappa shape index (κ1) is 18.1. The standard InChI is InChI=1S/C18H23NO5/c1-11-4-5-12(2)14(8-11)16(20)6-7-17(21)19-10-13(24-3)9-15(19)18(22)23/h4-5,8,13,15H,6-7,9-10H2,1-3H3,(H,22,23). The molecule has 0 bridgehead atoms. The van der Waals surface area contributed by atoms with Crippen LogP contribution in [-0.2, 0) is 14.3 Å². The van der Waals surface area contributed by atoms with Gasteiger partial charge in [-0.1, -0.05) is 17.7 Å². The number of aryl methyl sites for hydroxylation is 2. The maximum atomic E-state index is 12.4. The van der Waals surface area contributed by atoms with E-state index in [2.05, 4.69) is 0 Å². The number of aliphatic carboxylic acids is 1. The SMILES string of the molecule is COC1CC(C(=O)O)N(C(=O)CCC(=O)c2cc(C)ccc2C)C1. The second-order valence-electron chi connectivity index (χ2n) is 6.24. The van der Waals surface area contributed by atoms with Gasteiger partial charge in [-0.05, 0) is 25.5 Å². The number of Topliss-reactive ketones (excluding diaryl/α,β-unsaturated/α-hetero) is 1. The van der Waals surface area contributed by atoms with E-state index in [0.29, 0.717) is 5.56 Å². The van der Waals surface area contributed by atoms with Gasteiger partial charge >= 0.3 is 5.97 Å². The Hall–Kier alpha value is -2.21. The molecule has 1 aliphatic heterocycles. The predicted molar refractivity (Wildman–Crippen MR) is 88.0 cm³/mol. The number of carbonyl (C=O) groups is 3. The van der Waals surface area contributed by atoms with Crippen LogP contribution in [0.15, 0.2) is 18.2 Å². The van der Waals surface area contributed by atoms with E-state index in [1.807, 2.05) is 32.0 Å². The lowest BCUT2D eigenvalue weighted by Gasteiger charge is -2.21. The maximum absolute atomic E-state index is 12.4. The molecule has 6 nitrogen and oxygen atoms in total. The number of ketones is 1. The summed E-state index contributed by atoms with van der Waals surface area (Å²) in [6.07, 6.45) is 0.0863. The fourth-order valence-electron chi connectivity index (χ4n) is 3.01. The van der Waals surface area contributed by atoms with Gasteiger partial charge in [0.05, 0.1) is 6.10 Å². The molecule has 1 N–H and O–H groups in total. The largest absolute Gasteiger partial charge is 0.480 e. The third-order valence-corrected chi connectivity index (χ3v) is 4.46. The van der Waals surface area contributed by atoms with Crippen LogP contribution in [0.2, 0.25) is 0 Å². The summed E-state index contributed by atoms with van der Waals surface area (Å²) >= 11 is 0. The highest BCUT2D eigenvalue weighted by atomic mass is 16.5. The molecule has 1 heterocycles. The second-order valence-corrected chi connectivity index (χ2v) is 6.24. The average molecular weight is 333 g/mol. The highest BCUT2D eigenvalue weighted by molar-refractivity contribution is 5.99. The van der Waals surface area contributed by atoms with Crippen LogP contribution in [0.3, 0.4) is 0 Å². The van der Waals surface area contributed by atoms with Crippen molar-refractivity contribution in [3.63, 3.8) is 0 Å². The van der Waals surface area contributed by atoms with E-state index >= 15 is 0 Å². The molecule has 2 unspecified atom stereocenters. The summed E-state index contributed by atoms with van der Waals surface area (Å²) in [5, 5.41) is 9.25. The first-order valence-corrected chi connectivity index (χ1v) is 7.99. The molecule has 0 saturated carbocycles. The van der Waals surface area contributed by atoms with E-state index in [1.165, 1.54) is 12.0 Å². The number of rotatable bonds is 6. The average Bonchev–Trinajstić information content (AvgIpc) is 2.99. The van der Waals surface area contributed by atoms with E-state index in [1.54, 1.807) is 0 Å². The van der Waals surface area contributed by atoms with Gasteiger partial charge < -0.3 is 14.7 Å². The number of hydrogen-bond acceptors (Lipinski definition) is 4. The van der Waals surface area contributed by atoms with E-state index in [4.69, 9.17) is 4.74 Å². The molecule has 1 fully saturated rings. The second kappa shape index (κ2) is 7.57. The molecule has 0 aromatic heterocycles. The molecular formula is C18H23NO5. The van der Waals surface area contributed by atoms with Gasteiger partial charge in [-0.15, -0.1) is 0 Å². The van der Waals surface area contributed by atoms with Crippen molar-refractivity contribution in [1.29, 1.82) is 0 Å². The number of methoxy groups -OCH3 is 1. The number of carboxylic acid groups (broad SMARTS) is 1. The molecule has 6 heteroatoms. The van der Waals surface area contributed by atoms with Crippen LogP contribution in [0, 0.1) is 13.8 Å². The summed E-state index contributed by atoms with van der Waals surface area (Å²) in [5.74, 6) is -1.46. The van der Waals surface area contributed by atoms with Crippen molar-refractivity contribution in [1.82, 2.24) is 4.90 Å². The lowest BCUT2D eigenvalue weighted by Crippen LogP contribution is -2.40. The summed E-state index contributed by atoms with van der Waals surface area (Å²) < 4.78 is 5.17.